The monoisotopic (exact) mass is 240 g/mol. The summed E-state index contributed by atoms with van der Waals surface area (Å²) in [6.07, 6.45) is 1.85. The molecule has 0 atom stereocenters. The Labute approximate surface area is 104 Å². The summed E-state index contributed by atoms with van der Waals surface area (Å²) in [5, 5.41) is 9.61. The lowest BCUT2D eigenvalue weighted by Crippen LogP contribution is -2.08. The molecule has 0 radical (unpaired) electrons. The number of benzene rings is 1. The molecule has 2 rings (SSSR count). The minimum absolute atomic E-state index is 0.272. The van der Waals surface area contributed by atoms with Crippen molar-refractivity contribution < 1.29 is 14.6 Å². The van der Waals surface area contributed by atoms with Crippen molar-refractivity contribution in [2.45, 2.75) is 40.5 Å². The van der Waals surface area contributed by atoms with Gasteiger partial charge in [0.1, 0.15) is 17.2 Å². The summed E-state index contributed by atoms with van der Waals surface area (Å²) >= 11 is 0. The zero-order valence-electron chi connectivity index (χ0n) is 11.5. The van der Waals surface area contributed by atoms with Crippen LogP contribution in [0, 0.1) is 0 Å². The third-order valence-electron chi connectivity index (χ3n) is 2.22. The minimum Gasteiger partial charge on any atom is -0.507 e. The van der Waals surface area contributed by atoms with Crippen LogP contribution in [-0.4, -0.2) is 18.8 Å². The largest absolute Gasteiger partial charge is 0.507 e. The van der Waals surface area contributed by atoms with Crippen molar-refractivity contribution in [1.29, 1.82) is 0 Å². The normalized spacial score (nSPS) is 11.8. The first kappa shape index (κ1) is 15.6. The average molecular weight is 240 g/mol. The van der Waals surface area contributed by atoms with Gasteiger partial charge in [0.15, 0.2) is 0 Å². The highest BCUT2D eigenvalue weighted by atomic mass is 16.5. The molecule has 0 aliphatic carbocycles. The second-order valence-corrected chi connectivity index (χ2v) is 3.08. The Morgan fingerprint density at radius 1 is 1.18 bits per heavy atom. The first-order valence-corrected chi connectivity index (χ1v) is 6.34. The molecule has 1 aliphatic rings. The van der Waals surface area contributed by atoms with E-state index in [1.165, 1.54) is 0 Å². The van der Waals surface area contributed by atoms with Crippen LogP contribution >= 0.6 is 0 Å². The van der Waals surface area contributed by atoms with E-state index >= 15 is 0 Å². The molecule has 0 unspecified atom stereocenters. The number of hydrogen-bond acceptors (Lipinski definition) is 3. The zero-order valence-corrected chi connectivity index (χ0v) is 11.5. The lowest BCUT2D eigenvalue weighted by molar-refractivity contribution is 0.281. The summed E-state index contributed by atoms with van der Waals surface area (Å²) < 4.78 is 10.4. The van der Waals surface area contributed by atoms with Gasteiger partial charge in [-0.25, -0.2) is 0 Å². The van der Waals surface area contributed by atoms with Gasteiger partial charge in [0.2, 0.25) is 0 Å². The van der Waals surface area contributed by atoms with Crippen LogP contribution in [0.1, 0.15) is 39.7 Å². The molecular weight excluding hydrogens is 216 g/mol. The van der Waals surface area contributed by atoms with Crippen LogP contribution in [0.2, 0.25) is 0 Å². The molecule has 1 aliphatic heterocycles. The molecule has 0 bridgehead atoms. The van der Waals surface area contributed by atoms with Gasteiger partial charge in [-0.2, -0.15) is 0 Å². The fraction of sp³-hybridized carbons (Fsp3) is 0.571. The van der Waals surface area contributed by atoms with Gasteiger partial charge >= 0.3 is 0 Å². The highest BCUT2D eigenvalue weighted by Crippen LogP contribution is 2.36. The standard InChI is InChI=1S/C10H12O3.2C2H6/c1-12-7-5-9(11)8-3-2-4-13-10(8)6-7;2*1-2/h5-6,11H,2-4H2,1H3;2*1-2H3. The molecule has 1 aromatic rings. The molecule has 1 aromatic carbocycles. The fourth-order valence-corrected chi connectivity index (χ4v) is 1.54. The molecule has 0 saturated heterocycles. The summed E-state index contributed by atoms with van der Waals surface area (Å²) in [4.78, 5) is 0. The predicted molar refractivity (Wildman–Crippen MR) is 71.2 cm³/mol. The molecule has 1 N–H and O–H groups in total. The van der Waals surface area contributed by atoms with Crippen LogP contribution < -0.4 is 9.47 Å². The Balaban J connectivity index is 0.000000581. The Morgan fingerprint density at radius 2 is 1.82 bits per heavy atom. The van der Waals surface area contributed by atoms with Crippen LogP contribution in [0.5, 0.6) is 17.2 Å². The number of phenols is 1. The van der Waals surface area contributed by atoms with Crippen molar-refractivity contribution in [2.75, 3.05) is 13.7 Å². The van der Waals surface area contributed by atoms with E-state index in [0.29, 0.717) is 5.75 Å². The number of methoxy groups -OCH3 is 1. The molecule has 0 saturated carbocycles. The molecule has 3 heteroatoms. The highest BCUT2D eigenvalue weighted by Gasteiger charge is 2.15. The third kappa shape index (κ3) is 4.17. The molecule has 3 nitrogen and oxygen atoms in total. The Morgan fingerprint density at radius 3 is 2.41 bits per heavy atom. The van der Waals surface area contributed by atoms with E-state index in [4.69, 9.17) is 9.47 Å². The molecule has 1 heterocycles. The lowest BCUT2D eigenvalue weighted by Gasteiger charge is -2.18. The Kier molecular flexibility index (Phi) is 8.03. The average Bonchev–Trinajstić information content (AvgIpc) is 2.43. The van der Waals surface area contributed by atoms with Gasteiger partial charge in [-0.1, -0.05) is 27.7 Å². The third-order valence-corrected chi connectivity index (χ3v) is 2.22. The Bertz CT molecular complexity index is 321. The van der Waals surface area contributed by atoms with Crippen molar-refractivity contribution in [2.24, 2.45) is 0 Å². The summed E-state index contributed by atoms with van der Waals surface area (Å²) in [7, 11) is 1.57. The van der Waals surface area contributed by atoms with E-state index < -0.39 is 0 Å². The number of rotatable bonds is 1. The van der Waals surface area contributed by atoms with E-state index in [0.717, 1.165) is 30.8 Å². The van der Waals surface area contributed by atoms with E-state index in [2.05, 4.69) is 0 Å². The summed E-state index contributed by atoms with van der Waals surface area (Å²) in [5.74, 6) is 1.66. The smallest absolute Gasteiger partial charge is 0.129 e. The SMILES string of the molecule is CC.CC.COc1cc(O)c2c(c1)OCCC2. The van der Waals surface area contributed by atoms with Gasteiger partial charge in [-0.05, 0) is 12.8 Å². The van der Waals surface area contributed by atoms with Gasteiger partial charge in [0, 0.05) is 17.7 Å². The van der Waals surface area contributed by atoms with Crippen molar-refractivity contribution in [3.05, 3.63) is 17.7 Å². The van der Waals surface area contributed by atoms with Crippen molar-refractivity contribution >= 4 is 0 Å². The molecule has 0 fully saturated rings. The van der Waals surface area contributed by atoms with Crippen molar-refractivity contribution in [3.8, 4) is 17.2 Å². The van der Waals surface area contributed by atoms with Gasteiger partial charge in [0.25, 0.3) is 0 Å². The summed E-state index contributed by atoms with van der Waals surface area (Å²) in [6, 6.07) is 3.43. The summed E-state index contributed by atoms with van der Waals surface area (Å²) in [5.41, 5.74) is 0.895. The number of phenolic OH excluding ortho intramolecular Hbond substituents is 1. The molecule has 17 heavy (non-hydrogen) atoms. The second kappa shape index (κ2) is 8.74. The van der Waals surface area contributed by atoms with Gasteiger partial charge in [-0.3, -0.25) is 0 Å². The van der Waals surface area contributed by atoms with E-state index in [-0.39, 0.29) is 5.75 Å². The minimum atomic E-state index is 0.272. The topological polar surface area (TPSA) is 38.7 Å². The Hall–Kier alpha value is -1.38. The van der Waals surface area contributed by atoms with Crippen LogP contribution in [0.15, 0.2) is 12.1 Å². The van der Waals surface area contributed by atoms with Gasteiger partial charge in [0.05, 0.1) is 13.7 Å². The maximum atomic E-state index is 9.61. The van der Waals surface area contributed by atoms with Crippen LogP contribution in [0.25, 0.3) is 0 Å². The zero-order chi connectivity index (χ0) is 13.3. The lowest BCUT2D eigenvalue weighted by atomic mass is 10.1. The number of ether oxygens (including phenoxy) is 2. The summed E-state index contributed by atoms with van der Waals surface area (Å²) in [6.45, 7) is 8.72. The van der Waals surface area contributed by atoms with Crippen LogP contribution in [0.3, 0.4) is 0 Å². The van der Waals surface area contributed by atoms with Crippen LogP contribution in [0.4, 0.5) is 0 Å². The molecular formula is C14H24O3. The van der Waals surface area contributed by atoms with E-state index in [1.807, 2.05) is 33.8 Å². The molecule has 0 aromatic heterocycles. The number of aromatic hydroxyl groups is 1. The fourth-order valence-electron chi connectivity index (χ4n) is 1.54. The van der Waals surface area contributed by atoms with Crippen molar-refractivity contribution in [3.63, 3.8) is 0 Å². The highest BCUT2D eigenvalue weighted by molar-refractivity contribution is 5.50. The quantitative estimate of drug-likeness (QED) is 0.812. The number of hydrogen-bond donors (Lipinski definition) is 1. The van der Waals surface area contributed by atoms with Gasteiger partial charge < -0.3 is 14.6 Å². The van der Waals surface area contributed by atoms with E-state index in [1.54, 1.807) is 13.2 Å². The number of fused-ring (bicyclic) bond motifs is 1. The second-order valence-electron chi connectivity index (χ2n) is 3.08. The van der Waals surface area contributed by atoms with Gasteiger partial charge in [-0.15, -0.1) is 0 Å². The molecule has 0 spiro atoms. The maximum Gasteiger partial charge on any atom is 0.129 e. The maximum absolute atomic E-state index is 9.61. The van der Waals surface area contributed by atoms with Crippen LogP contribution in [-0.2, 0) is 6.42 Å². The first-order valence-electron chi connectivity index (χ1n) is 6.34. The first-order chi connectivity index (χ1) is 8.31. The molecule has 0 amide bonds. The van der Waals surface area contributed by atoms with Crippen molar-refractivity contribution in [1.82, 2.24) is 0 Å². The molecule has 98 valence electrons. The predicted octanol–water partition coefficient (Wildman–Crippen LogP) is 3.78. The van der Waals surface area contributed by atoms with E-state index in [9.17, 15) is 5.11 Å².